The molecule has 0 saturated carbocycles. The number of nitrogens with zero attached hydrogens (tertiary/aromatic N) is 2. The Kier molecular flexibility index (Phi) is 3.17. The lowest BCUT2D eigenvalue weighted by Crippen LogP contribution is -2.42. The predicted molar refractivity (Wildman–Crippen MR) is 68.7 cm³/mol. The molecule has 0 amide bonds. The van der Waals surface area contributed by atoms with Gasteiger partial charge in [-0.1, -0.05) is 0 Å². The molecule has 0 aliphatic carbocycles. The maximum atomic E-state index is 5.76. The molecule has 5 nitrogen and oxygen atoms in total. The van der Waals surface area contributed by atoms with Gasteiger partial charge in [0.05, 0.1) is 13.7 Å². The second-order valence-corrected chi connectivity index (χ2v) is 4.47. The van der Waals surface area contributed by atoms with E-state index in [2.05, 4.69) is 15.2 Å². The highest BCUT2D eigenvalue weighted by Gasteiger charge is 2.14. The average Bonchev–Trinajstić information content (AvgIpc) is 2.80. The van der Waals surface area contributed by atoms with Crippen molar-refractivity contribution < 1.29 is 9.15 Å². The van der Waals surface area contributed by atoms with Gasteiger partial charge in [-0.05, 0) is 12.1 Å². The van der Waals surface area contributed by atoms with Gasteiger partial charge in [0.1, 0.15) is 11.3 Å². The van der Waals surface area contributed by atoms with Crippen LogP contribution in [0.1, 0.15) is 5.89 Å². The summed E-state index contributed by atoms with van der Waals surface area (Å²) in [5, 5.41) is 3.33. The summed E-state index contributed by atoms with van der Waals surface area (Å²) in [6.45, 7) is 4.94. The molecule has 0 spiro atoms. The fraction of sp³-hybridized carbons (Fsp3) is 0.462. The summed E-state index contributed by atoms with van der Waals surface area (Å²) in [6, 6.07) is 5.71. The summed E-state index contributed by atoms with van der Waals surface area (Å²) in [6.07, 6.45) is 0. The minimum atomic E-state index is 0.776. The van der Waals surface area contributed by atoms with Crippen LogP contribution in [0.3, 0.4) is 0 Å². The molecule has 5 heteroatoms. The quantitative estimate of drug-likeness (QED) is 0.884. The van der Waals surface area contributed by atoms with Crippen molar-refractivity contribution in [2.45, 2.75) is 6.54 Å². The van der Waals surface area contributed by atoms with Crippen LogP contribution < -0.4 is 10.1 Å². The molecule has 1 aliphatic rings. The summed E-state index contributed by atoms with van der Waals surface area (Å²) in [4.78, 5) is 6.84. The first kappa shape index (κ1) is 11.5. The molecule has 1 aromatic heterocycles. The van der Waals surface area contributed by atoms with Gasteiger partial charge in [0.25, 0.3) is 0 Å². The first-order valence-electron chi connectivity index (χ1n) is 6.22. The van der Waals surface area contributed by atoms with Gasteiger partial charge in [0, 0.05) is 32.2 Å². The summed E-state index contributed by atoms with van der Waals surface area (Å²) in [7, 11) is 1.65. The summed E-state index contributed by atoms with van der Waals surface area (Å²) in [5.41, 5.74) is 1.68. The van der Waals surface area contributed by atoms with Crippen LogP contribution in [-0.2, 0) is 6.54 Å². The van der Waals surface area contributed by atoms with Crippen molar-refractivity contribution in [3.05, 3.63) is 24.1 Å². The minimum absolute atomic E-state index is 0.776. The Morgan fingerprint density at radius 2 is 2.22 bits per heavy atom. The number of ether oxygens (including phenoxy) is 1. The molecule has 1 fully saturated rings. The molecule has 1 saturated heterocycles. The smallest absolute Gasteiger partial charge is 0.209 e. The van der Waals surface area contributed by atoms with E-state index in [0.29, 0.717) is 0 Å². The highest BCUT2D eigenvalue weighted by atomic mass is 16.5. The number of benzene rings is 1. The standard InChI is InChI=1S/C13H17N3O2/c1-17-10-2-3-11-12(8-10)18-13(15-11)9-16-6-4-14-5-7-16/h2-3,8,14H,4-7,9H2,1H3. The highest BCUT2D eigenvalue weighted by Crippen LogP contribution is 2.22. The Balaban J connectivity index is 1.79. The van der Waals surface area contributed by atoms with Crippen LogP contribution in [0.2, 0.25) is 0 Å². The minimum Gasteiger partial charge on any atom is -0.497 e. The number of piperazine rings is 1. The maximum absolute atomic E-state index is 5.76. The van der Waals surface area contributed by atoms with Crippen molar-refractivity contribution in [2.24, 2.45) is 0 Å². The molecular formula is C13H17N3O2. The molecule has 2 aromatic rings. The topological polar surface area (TPSA) is 50.5 Å². The lowest BCUT2D eigenvalue weighted by molar-refractivity contribution is 0.214. The first-order valence-corrected chi connectivity index (χ1v) is 6.22. The van der Waals surface area contributed by atoms with E-state index >= 15 is 0 Å². The number of fused-ring (bicyclic) bond motifs is 1. The second kappa shape index (κ2) is 4.96. The van der Waals surface area contributed by atoms with Gasteiger partial charge >= 0.3 is 0 Å². The predicted octanol–water partition coefficient (Wildman–Crippen LogP) is 1.24. The number of hydrogen-bond donors (Lipinski definition) is 1. The Hall–Kier alpha value is -1.59. The van der Waals surface area contributed by atoms with Crippen LogP contribution in [-0.4, -0.2) is 43.2 Å². The summed E-state index contributed by atoms with van der Waals surface area (Å²) in [5.74, 6) is 1.58. The SMILES string of the molecule is COc1ccc2nc(CN3CCNCC3)oc2c1. The van der Waals surface area contributed by atoms with Crippen molar-refractivity contribution in [2.75, 3.05) is 33.3 Å². The maximum Gasteiger partial charge on any atom is 0.209 e. The second-order valence-electron chi connectivity index (χ2n) is 4.47. The zero-order chi connectivity index (χ0) is 12.4. The largest absolute Gasteiger partial charge is 0.497 e. The van der Waals surface area contributed by atoms with Crippen molar-refractivity contribution in [3.8, 4) is 5.75 Å². The molecule has 0 atom stereocenters. The monoisotopic (exact) mass is 247 g/mol. The van der Waals surface area contributed by atoms with Crippen LogP contribution in [0, 0.1) is 0 Å². The third-order valence-corrected chi connectivity index (χ3v) is 3.21. The number of aromatic nitrogens is 1. The zero-order valence-electron chi connectivity index (χ0n) is 10.5. The van der Waals surface area contributed by atoms with E-state index < -0.39 is 0 Å². The van der Waals surface area contributed by atoms with Crippen molar-refractivity contribution in [3.63, 3.8) is 0 Å². The Labute approximate surface area is 106 Å². The lowest BCUT2D eigenvalue weighted by Gasteiger charge is -2.25. The molecule has 0 radical (unpaired) electrons. The number of methoxy groups -OCH3 is 1. The van der Waals surface area contributed by atoms with Crippen molar-refractivity contribution in [1.82, 2.24) is 15.2 Å². The number of hydrogen-bond acceptors (Lipinski definition) is 5. The van der Waals surface area contributed by atoms with Gasteiger partial charge in [-0.2, -0.15) is 0 Å². The first-order chi connectivity index (χ1) is 8.85. The van der Waals surface area contributed by atoms with Crippen LogP contribution in [0.5, 0.6) is 5.75 Å². The molecular weight excluding hydrogens is 230 g/mol. The van der Waals surface area contributed by atoms with E-state index in [4.69, 9.17) is 9.15 Å². The Bertz CT molecular complexity index is 532. The van der Waals surface area contributed by atoms with E-state index in [1.165, 1.54) is 0 Å². The van der Waals surface area contributed by atoms with Gasteiger partial charge in [-0.25, -0.2) is 4.98 Å². The average molecular weight is 247 g/mol. The van der Waals surface area contributed by atoms with Gasteiger partial charge in [0.15, 0.2) is 5.58 Å². The fourth-order valence-electron chi connectivity index (χ4n) is 2.21. The van der Waals surface area contributed by atoms with Crippen LogP contribution in [0.4, 0.5) is 0 Å². The highest BCUT2D eigenvalue weighted by molar-refractivity contribution is 5.74. The van der Waals surface area contributed by atoms with Gasteiger partial charge in [0.2, 0.25) is 5.89 Å². The number of nitrogens with one attached hydrogen (secondary N) is 1. The van der Waals surface area contributed by atoms with Crippen molar-refractivity contribution in [1.29, 1.82) is 0 Å². The normalized spacial score (nSPS) is 17.2. The van der Waals surface area contributed by atoms with Gasteiger partial charge in [-0.15, -0.1) is 0 Å². The molecule has 18 heavy (non-hydrogen) atoms. The Morgan fingerprint density at radius 3 is 3.00 bits per heavy atom. The van der Waals surface area contributed by atoms with Crippen LogP contribution >= 0.6 is 0 Å². The molecule has 96 valence electrons. The molecule has 0 bridgehead atoms. The Morgan fingerprint density at radius 1 is 1.39 bits per heavy atom. The molecule has 0 unspecified atom stereocenters. The van der Waals surface area contributed by atoms with E-state index in [9.17, 15) is 0 Å². The third kappa shape index (κ3) is 2.32. The number of rotatable bonds is 3. The van der Waals surface area contributed by atoms with E-state index in [1.807, 2.05) is 18.2 Å². The number of oxazole rings is 1. The molecule has 2 heterocycles. The summed E-state index contributed by atoms with van der Waals surface area (Å²) < 4.78 is 10.9. The molecule has 1 aliphatic heterocycles. The third-order valence-electron chi connectivity index (χ3n) is 3.21. The van der Waals surface area contributed by atoms with Gasteiger partial charge < -0.3 is 14.5 Å². The zero-order valence-corrected chi connectivity index (χ0v) is 10.5. The fourth-order valence-corrected chi connectivity index (χ4v) is 2.21. The van der Waals surface area contributed by atoms with E-state index in [-0.39, 0.29) is 0 Å². The molecule has 1 N–H and O–H groups in total. The van der Waals surface area contributed by atoms with Crippen LogP contribution in [0.25, 0.3) is 11.1 Å². The van der Waals surface area contributed by atoms with Crippen LogP contribution in [0.15, 0.2) is 22.6 Å². The summed E-state index contributed by atoms with van der Waals surface area (Å²) >= 11 is 0. The molecule has 1 aromatic carbocycles. The van der Waals surface area contributed by atoms with E-state index in [1.54, 1.807) is 7.11 Å². The van der Waals surface area contributed by atoms with Gasteiger partial charge in [-0.3, -0.25) is 4.90 Å². The lowest BCUT2D eigenvalue weighted by atomic mass is 10.3. The molecule has 3 rings (SSSR count). The van der Waals surface area contributed by atoms with Crippen molar-refractivity contribution >= 4 is 11.1 Å². The van der Waals surface area contributed by atoms with E-state index in [0.717, 1.165) is 55.5 Å².